The van der Waals surface area contributed by atoms with E-state index >= 15 is 0 Å². The number of rotatable bonds is 5. The number of carbonyl (C=O) groups is 1. The predicted octanol–water partition coefficient (Wildman–Crippen LogP) is 3.64. The van der Waals surface area contributed by atoms with Gasteiger partial charge in [0.2, 0.25) is 5.91 Å². The third-order valence-electron chi connectivity index (χ3n) is 5.52. The molecule has 140 valence electrons. The van der Waals surface area contributed by atoms with Gasteiger partial charge >= 0.3 is 0 Å². The topological polar surface area (TPSA) is 50.2 Å². The van der Waals surface area contributed by atoms with Crippen LogP contribution in [0.2, 0.25) is 0 Å². The van der Waals surface area contributed by atoms with Crippen LogP contribution in [-0.4, -0.2) is 27.1 Å². The molecule has 2 aromatic heterocycles. The molecule has 1 amide bonds. The molecule has 5 nitrogen and oxygen atoms in total. The standard InChI is InChI=1S/C20H28N4OS/c1-15(25)21-12-17-11-18-13-23(9-10-24(18)22-17)14-19-7-8-20(26-19)16-5-3-2-4-6-16/h7-8,11,16H,2-6,9-10,12-14H2,1H3,(H,21,25). The minimum Gasteiger partial charge on any atom is -0.351 e. The molecule has 0 aromatic carbocycles. The fraction of sp³-hybridized carbons (Fsp3) is 0.600. The molecule has 1 saturated carbocycles. The third-order valence-corrected chi connectivity index (χ3v) is 6.75. The molecule has 26 heavy (non-hydrogen) atoms. The lowest BCUT2D eigenvalue weighted by Gasteiger charge is -2.27. The minimum atomic E-state index is -0.0101. The second kappa shape index (κ2) is 7.92. The third kappa shape index (κ3) is 4.18. The van der Waals surface area contributed by atoms with Crippen LogP contribution in [0.25, 0.3) is 0 Å². The van der Waals surface area contributed by atoms with Gasteiger partial charge in [-0.2, -0.15) is 5.10 Å². The Morgan fingerprint density at radius 3 is 2.92 bits per heavy atom. The van der Waals surface area contributed by atoms with Gasteiger partial charge in [0, 0.05) is 36.3 Å². The second-order valence-electron chi connectivity index (χ2n) is 7.61. The molecule has 0 unspecified atom stereocenters. The van der Waals surface area contributed by atoms with Gasteiger partial charge < -0.3 is 5.32 Å². The maximum Gasteiger partial charge on any atom is 0.217 e. The quantitative estimate of drug-likeness (QED) is 0.872. The van der Waals surface area contributed by atoms with Crippen LogP contribution in [0.3, 0.4) is 0 Å². The largest absolute Gasteiger partial charge is 0.351 e. The Kier molecular flexibility index (Phi) is 5.41. The van der Waals surface area contributed by atoms with Crippen molar-refractivity contribution in [3.05, 3.63) is 39.3 Å². The molecular weight excluding hydrogens is 344 g/mol. The molecule has 0 bridgehead atoms. The summed E-state index contributed by atoms with van der Waals surface area (Å²) in [6.07, 6.45) is 6.96. The average Bonchev–Trinajstić information content (AvgIpc) is 3.27. The molecule has 0 radical (unpaired) electrons. The number of fused-ring (bicyclic) bond motifs is 1. The van der Waals surface area contributed by atoms with Crippen molar-refractivity contribution in [2.75, 3.05) is 6.54 Å². The summed E-state index contributed by atoms with van der Waals surface area (Å²) in [5.41, 5.74) is 2.20. The molecule has 2 aromatic rings. The first-order valence-electron chi connectivity index (χ1n) is 9.78. The number of thiophene rings is 1. The Hall–Kier alpha value is -1.66. The highest BCUT2D eigenvalue weighted by atomic mass is 32.1. The van der Waals surface area contributed by atoms with Gasteiger partial charge in [0.15, 0.2) is 0 Å². The van der Waals surface area contributed by atoms with E-state index in [9.17, 15) is 4.79 Å². The Balaban J connectivity index is 1.35. The Morgan fingerprint density at radius 1 is 1.27 bits per heavy atom. The summed E-state index contributed by atoms with van der Waals surface area (Å²) in [7, 11) is 0. The highest BCUT2D eigenvalue weighted by Gasteiger charge is 2.21. The fourth-order valence-electron chi connectivity index (χ4n) is 4.12. The van der Waals surface area contributed by atoms with Crippen molar-refractivity contribution < 1.29 is 4.79 Å². The zero-order valence-electron chi connectivity index (χ0n) is 15.5. The minimum absolute atomic E-state index is 0.0101. The van der Waals surface area contributed by atoms with Crippen LogP contribution in [0.15, 0.2) is 18.2 Å². The number of aromatic nitrogens is 2. The zero-order chi connectivity index (χ0) is 17.9. The molecule has 0 atom stereocenters. The van der Waals surface area contributed by atoms with E-state index in [1.807, 2.05) is 11.3 Å². The van der Waals surface area contributed by atoms with Crippen molar-refractivity contribution in [2.45, 2.75) is 71.1 Å². The van der Waals surface area contributed by atoms with Crippen LogP contribution in [-0.2, 0) is 31.0 Å². The lowest BCUT2D eigenvalue weighted by Crippen LogP contribution is -2.33. The van der Waals surface area contributed by atoms with Crippen molar-refractivity contribution in [1.29, 1.82) is 0 Å². The molecular formula is C20H28N4OS. The summed E-state index contributed by atoms with van der Waals surface area (Å²) in [4.78, 5) is 16.7. The van der Waals surface area contributed by atoms with Gasteiger partial charge in [-0.3, -0.25) is 14.4 Å². The first kappa shape index (κ1) is 17.7. The van der Waals surface area contributed by atoms with Crippen LogP contribution < -0.4 is 5.32 Å². The molecule has 1 aliphatic heterocycles. The van der Waals surface area contributed by atoms with Crippen LogP contribution >= 0.6 is 11.3 Å². The Morgan fingerprint density at radius 2 is 2.12 bits per heavy atom. The van der Waals surface area contributed by atoms with Crippen molar-refractivity contribution in [1.82, 2.24) is 20.0 Å². The van der Waals surface area contributed by atoms with E-state index in [1.54, 1.807) is 11.8 Å². The maximum absolute atomic E-state index is 11.1. The van der Waals surface area contributed by atoms with Crippen molar-refractivity contribution in [3.63, 3.8) is 0 Å². The molecule has 6 heteroatoms. The molecule has 4 rings (SSSR count). The number of carbonyl (C=O) groups excluding carboxylic acids is 1. The van der Waals surface area contributed by atoms with Gasteiger partial charge in [-0.25, -0.2) is 0 Å². The van der Waals surface area contributed by atoms with Crippen molar-refractivity contribution >= 4 is 17.2 Å². The second-order valence-corrected chi connectivity index (χ2v) is 8.81. The number of hydrogen-bond donors (Lipinski definition) is 1. The summed E-state index contributed by atoms with van der Waals surface area (Å²) in [5.74, 6) is 0.797. The van der Waals surface area contributed by atoms with Gasteiger partial charge in [-0.05, 0) is 37.0 Å². The van der Waals surface area contributed by atoms with Crippen molar-refractivity contribution in [2.24, 2.45) is 0 Å². The smallest absolute Gasteiger partial charge is 0.217 e. The van der Waals surface area contributed by atoms with Crippen molar-refractivity contribution in [3.8, 4) is 0 Å². The van der Waals surface area contributed by atoms with Gasteiger partial charge in [0.25, 0.3) is 0 Å². The van der Waals surface area contributed by atoms with E-state index in [0.717, 1.165) is 37.8 Å². The van der Waals surface area contributed by atoms with Gasteiger partial charge in [-0.1, -0.05) is 19.3 Å². The summed E-state index contributed by atoms with van der Waals surface area (Å²) in [6.45, 7) is 5.99. The number of hydrogen-bond acceptors (Lipinski definition) is 4. The summed E-state index contributed by atoms with van der Waals surface area (Å²) < 4.78 is 2.09. The van der Waals surface area contributed by atoms with E-state index in [1.165, 1.54) is 42.7 Å². The van der Waals surface area contributed by atoms with E-state index in [4.69, 9.17) is 0 Å². The fourth-order valence-corrected chi connectivity index (χ4v) is 5.35. The summed E-state index contributed by atoms with van der Waals surface area (Å²) in [6, 6.07) is 6.84. The van der Waals surface area contributed by atoms with Crippen LogP contribution in [0, 0.1) is 0 Å². The lowest BCUT2D eigenvalue weighted by molar-refractivity contribution is -0.119. The van der Waals surface area contributed by atoms with Gasteiger partial charge in [-0.15, -0.1) is 11.3 Å². The molecule has 2 aliphatic rings. The summed E-state index contributed by atoms with van der Waals surface area (Å²) in [5, 5.41) is 7.44. The van der Waals surface area contributed by atoms with Gasteiger partial charge in [0.1, 0.15) is 0 Å². The molecule has 1 aliphatic carbocycles. The molecule has 3 heterocycles. The number of amides is 1. The average molecular weight is 373 g/mol. The van der Waals surface area contributed by atoms with E-state index in [-0.39, 0.29) is 5.91 Å². The maximum atomic E-state index is 11.1. The molecule has 0 saturated heterocycles. The Bertz CT molecular complexity index is 760. The highest BCUT2D eigenvalue weighted by Crippen LogP contribution is 2.36. The predicted molar refractivity (Wildman–Crippen MR) is 104 cm³/mol. The monoisotopic (exact) mass is 372 g/mol. The molecule has 1 fully saturated rings. The number of nitrogens with one attached hydrogen (secondary N) is 1. The normalized spacial score (nSPS) is 18.7. The summed E-state index contributed by atoms with van der Waals surface area (Å²) >= 11 is 2.02. The first-order valence-corrected chi connectivity index (χ1v) is 10.6. The lowest BCUT2D eigenvalue weighted by atomic mass is 9.88. The van der Waals surface area contributed by atoms with E-state index < -0.39 is 0 Å². The number of nitrogens with zero attached hydrogens (tertiary/aromatic N) is 3. The SMILES string of the molecule is CC(=O)NCc1cc2n(n1)CCN(Cc1ccc(C3CCCCC3)s1)C2. The molecule has 1 N–H and O–H groups in total. The van der Waals surface area contributed by atoms with Gasteiger partial charge in [0.05, 0.1) is 24.5 Å². The highest BCUT2D eigenvalue weighted by molar-refractivity contribution is 7.12. The molecule has 0 spiro atoms. The van der Waals surface area contributed by atoms with Crippen LogP contribution in [0.4, 0.5) is 0 Å². The van der Waals surface area contributed by atoms with E-state index in [0.29, 0.717) is 6.54 Å². The van der Waals surface area contributed by atoms with E-state index in [2.05, 4.69) is 38.2 Å². The Labute approximate surface area is 159 Å². The first-order chi connectivity index (χ1) is 12.7. The zero-order valence-corrected chi connectivity index (χ0v) is 16.4. The van der Waals surface area contributed by atoms with Crippen LogP contribution in [0.5, 0.6) is 0 Å². The van der Waals surface area contributed by atoms with Crippen LogP contribution in [0.1, 0.15) is 66.1 Å².